The van der Waals surface area contributed by atoms with E-state index in [2.05, 4.69) is 10.1 Å². The number of nitrogens with one attached hydrogen (secondary N) is 1. The van der Waals surface area contributed by atoms with Crippen molar-refractivity contribution >= 4 is 11.9 Å². The molecule has 0 aromatic heterocycles. The summed E-state index contributed by atoms with van der Waals surface area (Å²) in [7, 11) is 1.24. The van der Waals surface area contributed by atoms with Crippen molar-refractivity contribution in [2.24, 2.45) is 0 Å². The van der Waals surface area contributed by atoms with Crippen LogP contribution in [0.1, 0.15) is 6.42 Å². The molecule has 0 bridgehead atoms. The molecule has 0 aromatic carbocycles. The molecule has 1 unspecified atom stereocenters. The number of rotatable bonds is 1. The molecule has 0 radical (unpaired) electrons. The molecule has 1 fully saturated rings. The van der Waals surface area contributed by atoms with Crippen LogP contribution in [0.4, 0.5) is 0 Å². The van der Waals surface area contributed by atoms with Gasteiger partial charge in [-0.25, -0.2) is 4.79 Å². The monoisotopic (exact) mass is 159 g/mol. The van der Waals surface area contributed by atoms with Gasteiger partial charge < -0.3 is 15.2 Å². The van der Waals surface area contributed by atoms with Crippen LogP contribution in [0.2, 0.25) is 0 Å². The lowest BCUT2D eigenvalue weighted by molar-refractivity contribution is -0.143. The van der Waals surface area contributed by atoms with Gasteiger partial charge in [0.15, 0.2) is 0 Å². The Kier molecular flexibility index (Phi) is 2.09. The van der Waals surface area contributed by atoms with Gasteiger partial charge >= 0.3 is 5.97 Å². The Labute approximate surface area is 63.3 Å². The second-order valence-corrected chi connectivity index (χ2v) is 2.34. The second kappa shape index (κ2) is 2.87. The molecule has 1 saturated heterocycles. The molecule has 0 saturated carbocycles. The molecule has 0 aliphatic carbocycles. The van der Waals surface area contributed by atoms with Gasteiger partial charge in [-0.15, -0.1) is 0 Å². The summed E-state index contributed by atoms with van der Waals surface area (Å²) < 4.78 is 4.37. The molecule has 0 spiro atoms. The Hall–Kier alpha value is -1.10. The lowest BCUT2D eigenvalue weighted by Crippen LogP contribution is -2.34. The fourth-order valence-electron chi connectivity index (χ4n) is 0.955. The third-order valence-corrected chi connectivity index (χ3v) is 1.56. The highest BCUT2D eigenvalue weighted by Crippen LogP contribution is 2.08. The molecular formula is C6H9NO4. The van der Waals surface area contributed by atoms with Crippen LogP contribution in [0, 0.1) is 0 Å². The lowest BCUT2D eigenvalue weighted by atomic mass is 10.2. The maximum Gasteiger partial charge on any atom is 0.328 e. The average Bonchev–Trinajstić information content (AvgIpc) is 2.31. The average molecular weight is 159 g/mol. The number of hydrogen-bond acceptors (Lipinski definition) is 4. The Morgan fingerprint density at radius 2 is 2.45 bits per heavy atom. The first-order chi connectivity index (χ1) is 5.15. The minimum atomic E-state index is -1.07. The van der Waals surface area contributed by atoms with Crippen molar-refractivity contribution in [3.63, 3.8) is 0 Å². The van der Waals surface area contributed by atoms with E-state index in [4.69, 9.17) is 5.11 Å². The topological polar surface area (TPSA) is 75.6 Å². The first kappa shape index (κ1) is 8.00. The van der Waals surface area contributed by atoms with E-state index in [9.17, 15) is 9.59 Å². The predicted molar refractivity (Wildman–Crippen MR) is 34.6 cm³/mol. The summed E-state index contributed by atoms with van der Waals surface area (Å²) >= 11 is 0. The summed E-state index contributed by atoms with van der Waals surface area (Å²) in [5.41, 5.74) is 0. The lowest BCUT2D eigenvalue weighted by Gasteiger charge is -2.04. The maximum absolute atomic E-state index is 10.8. The summed E-state index contributed by atoms with van der Waals surface area (Å²) in [6.07, 6.45) is -0.968. The first-order valence-corrected chi connectivity index (χ1v) is 3.21. The number of methoxy groups -OCH3 is 1. The Balaban J connectivity index is 2.53. The van der Waals surface area contributed by atoms with E-state index in [0.717, 1.165) is 0 Å². The zero-order valence-electron chi connectivity index (χ0n) is 6.03. The van der Waals surface area contributed by atoms with E-state index in [1.165, 1.54) is 7.11 Å². The van der Waals surface area contributed by atoms with E-state index in [1.54, 1.807) is 0 Å². The van der Waals surface area contributed by atoms with Gasteiger partial charge in [0.25, 0.3) is 0 Å². The molecule has 5 heteroatoms. The van der Waals surface area contributed by atoms with Crippen LogP contribution in [-0.2, 0) is 14.3 Å². The van der Waals surface area contributed by atoms with Crippen LogP contribution in [0.3, 0.4) is 0 Å². The largest absolute Gasteiger partial charge is 0.467 e. The van der Waals surface area contributed by atoms with Crippen molar-refractivity contribution in [2.75, 3.05) is 7.11 Å². The van der Waals surface area contributed by atoms with E-state index in [-0.39, 0.29) is 6.42 Å². The second-order valence-electron chi connectivity index (χ2n) is 2.34. The zero-order chi connectivity index (χ0) is 8.43. The fourth-order valence-corrected chi connectivity index (χ4v) is 0.955. The van der Waals surface area contributed by atoms with Crippen molar-refractivity contribution < 1.29 is 19.4 Å². The van der Waals surface area contributed by atoms with Crippen molar-refractivity contribution in [2.45, 2.75) is 18.6 Å². The van der Waals surface area contributed by atoms with Crippen LogP contribution >= 0.6 is 0 Å². The fraction of sp³-hybridized carbons (Fsp3) is 0.667. The standard InChI is InChI=1S/C6H9NO4/c1-11-6(10)3-2-4(8)5(9)7-3/h3-4,8H,2H2,1H3,(H,7,9)/t3-,4?/m1/s1. The van der Waals surface area contributed by atoms with Gasteiger partial charge in [0, 0.05) is 6.42 Å². The number of carbonyl (C=O) groups excluding carboxylic acids is 2. The Morgan fingerprint density at radius 1 is 1.82 bits per heavy atom. The van der Waals surface area contributed by atoms with E-state index >= 15 is 0 Å². The number of aliphatic hydroxyl groups is 1. The molecule has 1 aliphatic rings. The molecule has 5 nitrogen and oxygen atoms in total. The Bertz CT molecular complexity index is 191. The maximum atomic E-state index is 10.8. The molecule has 62 valence electrons. The summed E-state index contributed by atoms with van der Waals surface area (Å²) in [4.78, 5) is 21.4. The van der Waals surface area contributed by atoms with Crippen LogP contribution in [0.15, 0.2) is 0 Å². The van der Waals surface area contributed by atoms with Crippen LogP contribution in [-0.4, -0.2) is 36.2 Å². The van der Waals surface area contributed by atoms with Gasteiger partial charge in [0.1, 0.15) is 12.1 Å². The van der Waals surface area contributed by atoms with Crippen molar-refractivity contribution in [1.82, 2.24) is 5.32 Å². The molecule has 2 atom stereocenters. The van der Waals surface area contributed by atoms with Crippen molar-refractivity contribution in [1.29, 1.82) is 0 Å². The summed E-state index contributed by atoms with van der Waals surface area (Å²) in [5, 5.41) is 11.2. The highest BCUT2D eigenvalue weighted by atomic mass is 16.5. The van der Waals surface area contributed by atoms with Gasteiger partial charge in [-0.2, -0.15) is 0 Å². The van der Waals surface area contributed by atoms with Crippen molar-refractivity contribution in [3.8, 4) is 0 Å². The number of amides is 1. The van der Waals surface area contributed by atoms with Crippen molar-refractivity contribution in [3.05, 3.63) is 0 Å². The van der Waals surface area contributed by atoms with Gasteiger partial charge in [0.05, 0.1) is 7.11 Å². The normalized spacial score (nSPS) is 29.8. The number of esters is 1. The minimum Gasteiger partial charge on any atom is -0.467 e. The minimum absolute atomic E-state index is 0.103. The SMILES string of the molecule is COC(=O)[C@H]1CC(O)C(=O)N1. The molecule has 0 aromatic rings. The van der Waals surface area contributed by atoms with E-state index in [0.29, 0.717) is 0 Å². The smallest absolute Gasteiger partial charge is 0.328 e. The quantitative estimate of drug-likeness (QED) is 0.452. The van der Waals surface area contributed by atoms with E-state index < -0.39 is 24.0 Å². The molecule has 1 amide bonds. The molecule has 1 rings (SSSR count). The molecular weight excluding hydrogens is 150 g/mol. The van der Waals surface area contributed by atoms with E-state index in [1.807, 2.05) is 0 Å². The number of hydrogen-bond donors (Lipinski definition) is 2. The molecule has 1 heterocycles. The summed E-state index contributed by atoms with van der Waals surface area (Å²) in [6.45, 7) is 0. The number of carbonyl (C=O) groups is 2. The van der Waals surface area contributed by atoms with Gasteiger partial charge in [0.2, 0.25) is 5.91 Å². The predicted octanol–water partition coefficient (Wildman–Crippen LogP) is -1.59. The molecule has 11 heavy (non-hydrogen) atoms. The summed E-state index contributed by atoms with van der Waals surface area (Å²) in [6, 6.07) is -0.678. The van der Waals surface area contributed by atoms with Crippen LogP contribution < -0.4 is 5.32 Å². The number of ether oxygens (including phenoxy) is 1. The van der Waals surface area contributed by atoms with Crippen LogP contribution in [0.5, 0.6) is 0 Å². The third-order valence-electron chi connectivity index (χ3n) is 1.56. The highest BCUT2D eigenvalue weighted by Gasteiger charge is 2.35. The number of aliphatic hydroxyl groups excluding tert-OH is 1. The van der Waals surface area contributed by atoms with Gasteiger partial charge in [-0.3, -0.25) is 4.79 Å². The third kappa shape index (κ3) is 1.48. The summed E-state index contributed by atoms with van der Waals surface area (Å²) in [5.74, 6) is -1.03. The van der Waals surface area contributed by atoms with Gasteiger partial charge in [-0.1, -0.05) is 0 Å². The molecule has 2 N–H and O–H groups in total. The molecule has 1 aliphatic heterocycles. The zero-order valence-corrected chi connectivity index (χ0v) is 6.03. The first-order valence-electron chi connectivity index (χ1n) is 3.21. The van der Waals surface area contributed by atoms with Crippen LogP contribution in [0.25, 0.3) is 0 Å². The van der Waals surface area contributed by atoms with Gasteiger partial charge in [-0.05, 0) is 0 Å². The Morgan fingerprint density at radius 3 is 2.82 bits per heavy atom. The highest BCUT2D eigenvalue weighted by molar-refractivity contribution is 5.90.